The maximum absolute atomic E-state index is 5.50. The lowest BCUT2D eigenvalue weighted by atomic mass is 9.79. The van der Waals surface area contributed by atoms with Crippen molar-refractivity contribution >= 4 is 0 Å². The second kappa shape index (κ2) is 6.73. The number of ether oxygens (including phenoxy) is 1. The standard InChI is InChI=1S/C18H27NO/c1-20-16-12-11-15(13-16)19-18-10-6-5-9-17(18)14-7-3-2-4-8-14/h2-4,7-8,15-19H,5-6,9-13H2,1H3. The molecule has 0 bridgehead atoms. The molecule has 20 heavy (non-hydrogen) atoms. The fraction of sp³-hybridized carbons (Fsp3) is 0.667. The summed E-state index contributed by atoms with van der Waals surface area (Å²) in [6, 6.07) is 12.4. The number of methoxy groups -OCH3 is 1. The van der Waals surface area contributed by atoms with E-state index in [1.54, 1.807) is 0 Å². The molecule has 0 saturated heterocycles. The first-order chi connectivity index (χ1) is 9.86. The average Bonchev–Trinajstić information content (AvgIpc) is 2.96. The van der Waals surface area contributed by atoms with Crippen LogP contribution in [0.1, 0.15) is 56.4 Å². The fourth-order valence-corrected chi connectivity index (χ4v) is 4.04. The SMILES string of the molecule is COC1CCC(NC2CCCCC2c2ccccc2)C1. The van der Waals surface area contributed by atoms with E-state index >= 15 is 0 Å². The zero-order valence-electron chi connectivity index (χ0n) is 12.6. The molecule has 2 heteroatoms. The second-order valence-corrected chi connectivity index (χ2v) is 6.44. The van der Waals surface area contributed by atoms with E-state index in [0.717, 1.165) is 0 Å². The van der Waals surface area contributed by atoms with Gasteiger partial charge in [-0.25, -0.2) is 0 Å². The summed E-state index contributed by atoms with van der Waals surface area (Å²) in [7, 11) is 1.85. The molecule has 1 aromatic carbocycles. The van der Waals surface area contributed by atoms with Crippen LogP contribution < -0.4 is 5.32 Å². The molecule has 2 nitrogen and oxygen atoms in total. The Balaban J connectivity index is 1.64. The van der Waals surface area contributed by atoms with Gasteiger partial charge in [0.1, 0.15) is 0 Å². The smallest absolute Gasteiger partial charge is 0.0586 e. The Kier molecular flexibility index (Phi) is 4.74. The molecule has 0 radical (unpaired) electrons. The predicted molar refractivity (Wildman–Crippen MR) is 83.0 cm³/mol. The van der Waals surface area contributed by atoms with E-state index in [1.807, 2.05) is 7.11 Å². The molecule has 3 rings (SSSR count). The van der Waals surface area contributed by atoms with Crippen LogP contribution >= 0.6 is 0 Å². The Bertz CT molecular complexity index is 405. The van der Waals surface area contributed by atoms with Crippen LogP contribution in [0.2, 0.25) is 0 Å². The Labute approximate surface area is 122 Å². The van der Waals surface area contributed by atoms with E-state index in [0.29, 0.717) is 24.1 Å². The largest absolute Gasteiger partial charge is 0.381 e. The van der Waals surface area contributed by atoms with Crippen LogP contribution in [0.15, 0.2) is 30.3 Å². The summed E-state index contributed by atoms with van der Waals surface area (Å²) < 4.78 is 5.50. The van der Waals surface area contributed by atoms with Gasteiger partial charge in [-0.3, -0.25) is 0 Å². The van der Waals surface area contributed by atoms with Crippen LogP contribution in [0, 0.1) is 0 Å². The second-order valence-electron chi connectivity index (χ2n) is 6.44. The number of hydrogen-bond acceptors (Lipinski definition) is 2. The Morgan fingerprint density at radius 3 is 2.55 bits per heavy atom. The molecule has 2 aliphatic carbocycles. The molecule has 1 N–H and O–H groups in total. The van der Waals surface area contributed by atoms with E-state index in [4.69, 9.17) is 4.74 Å². The minimum absolute atomic E-state index is 0.478. The van der Waals surface area contributed by atoms with Crippen molar-refractivity contribution < 1.29 is 4.74 Å². The van der Waals surface area contributed by atoms with E-state index in [2.05, 4.69) is 35.6 Å². The van der Waals surface area contributed by atoms with E-state index in [-0.39, 0.29) is 0 Å². The number of nitrogens with one attached hydrogen (secondary N) is 1. The van der Waals surface area contributed by atoms with Crippen LogP contribution in [-0.4, -0.2) is 25.3 Å². The molecule has 4 unspecified atom stereocenters. The Morgan fingerprint density at radius 2 is 1.80 bits per heavy atom. The molecule has 0 spiro atoms. The van der Waals surface area contributed by atoms with Crippen molar-refractivity contribution in [2.24, 2.45) is 0 Å². The summed E-state index contributed by atoms with van der Waals surface area (Å²) in [5.41, 5.74) is 1.52. The van der Waals surface area contributed by atoms with Crippen molar-refractivity contribution in [3.63, 3.8) is 0 Å². The lowest BCUT2D eigenvalue weighted by Gasteiger charge is -2.35. The van der Waals surface area contributed by atoms with Crippen molar-refractivity contribution in [1.29, 1.82) is 0 Å². The van der Waals surface area contributed by atoms with Gasteiger partial charge in [-0.15, -0.1) is 0 Å². The molecular weight excluding hydrogens is 246 g/mol. The monoisotopic (exact) mass is 273 g/mol. The Hall–Kier alpha value is -0.860. The summed E-state index contributed by atoms with van der Waals surface area (Å²) in [4.78, 5) is 0. The van der Waals surface area contributed by atoms with Gasteiger partial charge < -0.3 is 10.1 Å². The molecule has 0 aromatic heterocycles. The van der Waals surface area contributed by atoms with Gasteiger partial charge >= 0.3 is 0 Å². The van der Waals surface area contributed by atoms with Crippen molar-refractivity contribution in [2.45, 2.75) is 69.1 Å². The van der Waals surface area contributed by atoms with Gasteiger partial charge in [0, 0.05) is 19.2 Å². The first-order valence-corrected chi connectivity index (χ1v) is 8.20. The first kappa shape index (κ1) is 14.1. The van der Waals surface area contributed by atoms with Gasteiger partial charge in [0.05, 0.1) is 6.10 Å². The van der Waals surface area contributed by atoms with E-state index in [1.165, 1.54) is 50.5 Å². The minimum Gasteiger partial charge on any atom is -0.381 e. The maximum Gasteiger partial charge on any atom is 0.0586 e. The van der Waals surface area contributed by atoms with Crippen LogP contribution in [0.25, 0.3) is 0 Å². The molecule has 2 fully saturated rings. The van der Waals surface area contributed by atoms with Gasteiger partial charge in [0.25, 0.3) is 0 Å². The quantitative estimate of drug-likeness (QED) is 0.899. The molecule has 1 aromatic rings. The summed E-state index contributed by atoms with van der Waals surface area (Å²) in [6.45, 7) is 0. The molecule has 4 atom stereocenters. The number of hydrogen-bond donors (Lipinski definition) is 1. The minimum atomic E-state index is 0.478. The normalized spacial score (nSPS) is 34.2. The van der Waals surface area contributed by atoms with Crippen LogP contribution in [0.5, 0.6) is 0 Å². The topological polar surface area (TPSA) is 21.3 Å². The highest BCUT2D eigenvalue weighted by Crippen LogP contribution is 2.34. The highest BCUT2D eigenvalue weighted by molar-refractivity contribution is 5.22. The van der Waals surface area contributed by atoms with Crippen LogP contribution in [-0.2, 0) is 4.74 Å². The molecule has 2 saturated carbocycles. The van der Waals surface area contributed by atoms with Gasteiger partial charge in [0.2, 0.25) is 0 Å². The van der Waals surface area contributed by atoms with Gasteiger partial charge in [-0.2, -0.15) is 0 Å². The van der Waals surface area contributed by atoms with Crippen molar-refractivity contribution in [3.05, 3.63) is 35.9 Å². The lowest BCUT2D eigenvalue weighted by Crippen LogP contribution is -2.42. The van der Waals surface area contributed by atoms with Gasteiger partial charge in [0.15, 0.2) is 0 Å². The van der Waals surface area contributed by atoms with Crippen molar-refractivity contribution in [3.8, 4) is 0 Å². The third kappa shape index (κ3) is 3.24. The van der Waals surface area contributed by atoms with Crippen LogP contribution in [0.3, 0.4) is 0 Å². The Morgan fingerprint density at radius 1 is 1.00 bits per heavy atom. The highest BCUT2D eigenvalue weighted by atomic mass is 16.5. The fourth-order valence-electron chi connectivity index (χ4n) is 4.04. The zero-order valence-corrected chi connectivity index (χ0v) is 12.6. The summed E-state index contributed by atoms with van der Waals surface area (Å²) in [5.74, 6) is 0.701. The lowest BCUT2D eigenvalue weighted by molar-refractivity contribution is 0.106. The number of benzene rings is 1. The average molecular weight is 273 g/mol. The molecule has 0 amide bonds. The predicted octanol–water partition coefficient (Wildman–Crippen LogP) is 3.87. The van der Waals surface area contributed by atoms with Gasteiger partial charge in [-0.1, -0.05) is 43.2 Å². The molecule has 0 heterocycles. The molecule has 0 aliphatic heterocycles. The first-order valence-electron chi connectivity index (χ1n) is 8.20. The van der Waals surface area contributed by atoms with Crippen LogP contribution in [0.4, 0.5) is 0 Å². The summed E-state index contributed by atoms with van der Waals surface area (Å²) in [5, 5.41) is 3.95. The van der Waals surface area contributed by atoms with Gasteiger partial charge in [-0.05, 0) is 43.6 Å². The highest BCUT2D eigenvalue weighted by Gasteiger charge is 2.31. The molecule has 110 valence electrons. The third-order valence-electron chi connectivity index (χ3n) is 5.16. The number of rotatable bonds is 4. The molecular formula is C18H27NO. The van der Waals surface area contributed by atoms with E-state index in [9.17, 15) is 0 Å². The summed E-state index contributed by atoms with van der Waals surface area (Å²) in [6.07, 6.45) is 9.58. The summed E-state index contributed by atoms with van der Waals surface area (Å²) >= 11 is 0. The van der Waals surface area contributed by atoms with Crippen molar-refractivity contribution in [1.82, 2.24) is 5.32 Å². The third-order valence-corrected chi connectivity index (χ3v) is 5.16. The zero-order chi connectivity index (χ0) is 13.8. The van der Waals surface area contributed by atoms with E-state index < -0.39 is 0 Å². The maximum atomic E-state index is 5.50. The molecule has 2 aliphatic rings. The van der Waals surface area contributed by atoms with Crippen molar-refractivity contribution in [2.75, 3.05) is 7.11 Å².